The molecule has 2 aliphatic heterocycles. The third kappa shape index (κ3) is 1.67. The average molecular weight is 219 g/mol. The van der Waals surface area contributed by atoms with Crippen molar-refractivity contribution < 1.29 is 4.74 Å². The van der Waals surface area contributed by atoms with Gasteiger partial charge in [0.1, 0.15) is 0 Å². The van der Waals surface area contributed by atoms with Crippen molar-refractivity contribution in [2.75, 3.05) is 26.7 Å². The smallest absolute Gasteiger partial charge is 0.232 e. The van der Waals surface area contributed by atoms with Gasteiger partial charge in [0.25, 0.3) is 0 Å². The zero-order valence-electron chi connectivity index (χ0n) is 9.59. The molecule has 3 heterocycles. The summed E-state index contributed by atoms with van der Waals surface area (Å²) >= 11 is 0. The van der Waals surface area contributed by atoms with Gasteiger partial charge in [0.15, 0.2) is 0 Å². The van der Waals surface area contributed by atoms with Gasteiger partial charge in [-0.3, -0.25) is 4.98 Å². The lowest BCUT2D eigenvalue weighted by molar-refractivity contribution is 0.269. The Kier molecular flexibility index (Phi) is 2.52. The second-order valence-corrected chi connectivity index (χ2v) is 4.75. The van der Waals surface area contributed by atoms with Crippen LogP contribution in [-0.4, -0.2) is 41.6 Å². The minimum atomic E-state index is 0.560. The maximum atomic E-state index is 5.14. The van der Waals surface area contributed by atoms with Crippen LogP contribution in [0.25, 0.3) is 0 Å². The van der Waals surface area contributed by atoms with Crippen LogP contribution in [0.3, 0.4) is 0 Å². The first-order chi connectivity index (χ1) is 7.86. The fourth-order valence-electron chi connectivity index (χ4n) is 2.99. The zero-order chi connectivity index (χ0) is 11.0. The van der Waals surface area contributed by atoms with Crippen LogP contribution >= 0.6 is 0 Å². The lowest BCUT2D eigenvalue weighted by atomic mass is 9.89. The Morgan fingerprint density at radius 2 is 2.31 bits per heavy atom. The van der Waals surface area contributed by atoms with Gasteiger partial charge < -0.3 is 9.64 Å². The van der Waals surface area contributed by atoms with E-state index in [2.05, 4.69) is 14.9 Å². The van der Waals surface area contributed by atoms with Gasteiger partial charge in [-0.1, -0.05) is 0 Å². The quantitative estimate of drug-likeness (QED) is 0.751. The van der Waals surface area contributed by atoms with E-state index < -0.39 is 0 Å². The normalized spacial score (nSPS) is 32.7. The largest absolute Gasteiger partial charge is 0.480 e. The Labute approximate surface area is 95.7 Å². The van der Waals surface area contributed by atoms with Gasteiger partial charge in [-0.05, 0) is 25.3 Å². The van der Waals surface area contributed by atoms with E-state index in [9.17, 15) is 0 Å². The molecule has 0 N–H and O–H groups in total. The molecule has 2 fully saturated rings. The summed E-state index contributed by atoms with van der Waals surface area (Å²) in [6.07, 6.45) is 6.23. The van der Waals surface area contributed by atoms with Crippen molar-refractivity contribution in [1.29, 1.82) is 0 Å². The zero-order valence-corrected chi connectivity index (χ0v) is 9.59. The predicted octanol–water partition coefficient (Wildman–Crippen LogP) is 1.29. The molecule has 3 atom stereocenters. The maximum absolute atomic E-state index is 5.14. The molecule has 2 saturated heterocycles. The summed E-state index contributed by atoms with van der Waals surface area (Å²) in [4.78, 5) is 11.3. The summed E-state index contributed by atoms with van der Waals surface area (Å²) < 4.78 is 5.14. The van der Waals surface area contributed by atoms with Crippen molar-refractivity contribution in [1.82, 2.24) is 14.9 Å². The van der Waals surface area contributed by atoms with Crippen LogP contribution in [0.1, 0.15) is 24.5 Å². The predicted molar refractivity (Wildman–Crippen MR) is 60.5 cm³/mol. The topological polar surface area (TPSA) is 38.2 Å². The Morgan fingerprint density at radius 3 is 3.12 bits per heavy atom. The van der Waals surface area contributed by atoms with E-state index in [4.69, 9.17) is 4.74 Å². The van der Waals surface area contributed by atoms with Crippen molar-refractivity contribution in [2.45, 2.75) is 18.8 Å². The third-order valence-corrected chi connectivity index (χ3v) is 3.79. The van der Waals surface area contributed by atoms with E-state index in [-0.39, 0.29) is 0 Å². The number of piperidine rings is 1. The highest BCUT2D eigenvalue weighted by molar-refractivity contribution is 5.16. The Bertz CT molecular complexity index is 382. The fraction of sp³-hybridized carbons (Fsp3) is 0.667. The molecule has 0 aliphatic carbocycles. The van der Waals surface area contributed by atoms with E-state index in [1.165, 1.54) is 25.9 Å². The highest BCUT2D eigenvalue weighted by Gasteiger charge is 2.37. The first kappa shape index (κ1) is 10.0. The molecule has 0 spiro atoms. The van der Waals surface area contributed by atoms with Crippen molar-refractivity contribution in [3.8, 4) is 5.88 Å². The van der Waals surface area contributed by atoms with Crippen molar-refractivity contribution in [3.63, 3.8) is 0 Å². The Balaban J connectivity index is 1.86. The molecular formula is C12H17N3O. The lowest BCUT2D eigenvalue weighted by Gasteiger charge is -2.21. The van der Waals surface area contributed by atoms with Gasteiger partial charge in [0.2, 0.25) is 5.88 Å². The van der Waals surface area contributed by atoms with Crippen LogP contribution in [0, 0.1) is 5.92 Å². The van der Waals surface area contributed by atoms with Crippen molar-refractivity contribution in [2.24, 2.45) is 5.92 Å². The molecule has 86 valence electrons. The molecule has 2 bridgehead atoms. The van der Waals surface area contributed by atoms with E-state index >= 15 is 0 Å². The second-order valence-electron chi connectivity index (χ2n) is 4.75. The van der Waals surface area contributed by atoms with Crippen LogP contribution in [0.2, 0.25) is 0 Å². The first-order valence-electron chi connectivity index (χ1n) is 5.95. The van der Waals surface area contributed by atoms with E-state index in [0.717, 1.165) is 18.2 Å². The standard InChI is InChI=1S/C12H17N3O/c1-16-12-6-13-5-11(14-12)10-8-15-4-2-3-9(10)7-15/h5-6,9-10H,2-4,7-8H2,1H3/t9?,10-/m1/s1. The van der Waals surface area contributed by atoms with E-state index in [1.54, 1.807) is 13.3 Å². The molecule has 0 amide bonds. The summed E-state index contributed by atoms with van der Waals surface area (Å²) in [6, 6.07) is 0. The highest BCUT2D eigenvalue weighted by Crippen LogP contribution is 2.37. The van der Waals surface area contributed by atoms with Gasteiger partial charge in [-0.2, -0.15) is 0 Å². The minimum absolute atomic E-state index is 0.560. The summed E-state index contributed by atoms with van der Waals surface area (Å²) in [5.41, 5.74) is 1.11. The average Bonchev–Trinajstić information content (AvgIpc) is 2.64. The van der Waals surface area contributed by atoms with Gasteiger partial charge in [-0.15, -0.1) is 0 Å². The summed E-state index contributed by atoms with van der Waals surface area (Å²) in [5.74, 6) is 1.97. The van der Waals surface area contributed by atoms with Crippen LogP contribution in [0.4, 0.5) is 0 Å². The van der Waals surface area contributed by atoms with Crippen LogP contribution in [0.15, 0.2) is 12.4 Å². The second kappa shape index (κ2) is 4.01. The minimum Gasteiger partial charge on any atom is -0.480 e. The number of ether oxygens (including phenoxy) is 1. The molecular weight excluding hydrogens is 202 g/mol. The number of rotatable bonds is 2. The number of fused-ring (bicyclic) bond motifs is 2. The molecule has 1 aromatic rings. The van der Waals surface area contributed by atoms with Gasteiger partial charge in [0.05, 0.1) is 19.0 Å². The monoisotopic (exact) mass is 219 g/mol. The van der Waals surface area contributed by atoms with Gasteiger partial charge in [-0.25, -0.2) is 4.98 Å². The molecule has 4 nitrogen and oxygen atoms in total. The SMILES string of the molecule is COc1cncc([C@@H]2CN3CCCC2C3)n1. The third-order valence-electron chi connectivity index (χ3n) is 3.79. The number of methoxy groups -OCH3 is 1. The summed E-state index contributed by atoms with van der Waals surface area (Å²) in [5, 5.41) is 0. The molecule has 2 aliphatic rings. The van der Waals surface area contributed by atoms with Crippen molar-refractivity contribution >= 4 is 0 Å². The Hall–Kier alpha value is -1.16. The molecule has 2 unspecified atom stereocenters. The summed E-state index contributed by atoms with van der Waals surface area (Å²) in [6.45, 7) is 3.64. The Morgan fingerprint density at radius 1 is 1.38 bits per heavy atom. The van der Waals surface area contributed by atoms with Crippen LogP contribution < -0.4 is 4.74 Å². The van der Waals surface area contributed by atoms with E-state index in [0.29, 0.717) is 11.8 Å². The van der Waals surface area contributed by atoms with Gasteiger partial charge >= 0.3 is 0 Å². The molecule has 3 rings (SSSR count). The number of hydrogen-bond acceptors (Lipinski definition) is 4. The molecule has 1 aromatic heterocycles. The van der Waals surface area contributed by atoms with Crippen LogP contribution in [-0.2, 0) is 0 Å². The molecule has 16 heavy (non-hydrogen) atoms. The van der Waals surface area contributed by atoms with Crippen molar-refractivity contribution in [3.05, 3.63) is 18.1 Å². The summed E-state index contributed by atoms with van der Waals surface area (Å²) in [7, 11) is 1.64. The lowest BCUT2D eigenvalue weighted by Crippen LogP contribution is -2.25. The van der Waals surface area contributed by atoms with E-state index in [1.807, 2.05) is 6.20 Å². The number of hydrogen-bond donors (Lipinski definition) is 0. The molecule has 0 radical (unpaired) electrons. The fourth-order valence-corrected chi connectivity index (χ4v) is 2.99. The highest BCUT2D eigenvalue weighted by atomic mass is 16.5. The maximum Gasteiger partial charge on any atom is 0.232 e. The number of aromatic nitrogens is 2. The first-order valence-corrected chi connectivity index (χ1v) is 5.95. The number of nitrogens with zero attached hydrogens (tertiary/aromatic N) is 3. The molecule has 0 aromatic carbocycles. The molecule has 4 heteroatoms. The van der Waals surface area contributed by atoms with Crippen LogP contribution in [0.5, 0.6) is 5.88 Å². The molecule has 0 saturated carbocycles. The van der Waals surface area contributed by atoms with Gasteiger partial charge in [0, 0.05) is 25.2 Å².